The Morgan fingerprint density at radius 2 is 1.79 bits per heavy atom. The fourth-order valence-corrected chi connectivity index (χ4v) is 3.40. The summed E-state index contributed by atoms with van der Waals surface area (Å²) in [7, 11) is 0. The molecule has 1 N–H and O–H groups in total. The highest BCUT2D eigenvalue weighted by atomic mass is 16.5. The molecule has 1 fully saturated rings. The van der Waals surface area contributed by atoms with Crippen molar-refractivity contribution in [1.82, 2.24) is 19.6 Å². The van der Waals surface area contributed by atoms with Crippen LogP contribution in [0.1, 0.15) is 0 Å². The van der Waals surface area contributed by atoms with Gasteiger partial charge in [0, 0.05) is 42.4 Å². The molecule has 7 heteroatoms. The molecule has 1 aliphatic heterocycles. The number of benzene rings is 1. The number of pyridine rings is 2. The van der Waals surface area contributed by atoms with Crippen molar-refractivity contribution >= 4 is 23.0 Å². The van der Waals surface area contributed by atoms with E-state index in [1.54, 1.807) is 6.20 Å². The summed E-state index contributed by atoms with van der Waals surface area (Å²) >= 11 is 0. The first kappa shape index (κ1) is 16.7. The Morgan fingerprint density at radius 3 is 2.57 bits per heavy atom. The van der Waals surface area contributed by atoms with Crippen molar-refractivity contribution in [3.8, 4) is 11.3 Å². The highest BCUT2D eigenvalue weighted by molar-refractivity contribution is 5.64. The molecule has 0 amide bonds. The lowest BCUT2D eigenvalue weighted by molar-refractivity contribution is 0.122. The Labute approximate surface area is 162 Å². The summed E-state index contributed by atoms with van der Waals surface area (Å²) in [4.78, 5) is 11.1. The van der Waals surface area contributed by atoms with Gasteiger partial charge in [0.2, 0.25) is 5.95 Å². The molecule has 0 unspecified atom stereocenters. The van der Waals surface area contributed by atoms with Gasteiger partial charge in [-0.3, -0.25) is 4.98 Å². The van der Waals surface area contributed by atoms with Gasteiger partial charge < -0.3 is 15.0 Å². The number of ether oxygens (including phenoxy) is 1. The fourth-order valence-electron chi connectivity index (χ4n) is 3.40. The highest BCUT2D eigenvalue weighted by Gasteiger charge is 2.12. The molecule has 140 valence electrons. The van der Waals surface area contributed by atoms with E-state index >= 15 is 0 Å². The van der Waals surface area contributed by atoms with Gasteiger partial charge in [0.1, 0.15) is 0 Å². The van der Waals surface area contributed by atoms with Gasteiger partial charge >= 0.3 is 0 Å². The molecule has 4 aromatic rings. The van der Waals surface area contributed by atoms with Crippen LogP contribution >= 0.6 is 0 Å². The summed E-state index contributed by atoms with van der Waals surface area (Å²) in [6.45, 7) is 3.42. The zero-order valence-corrected chi connectivity index (χ0v) is 15.3. The monoisotopic (exact) mass is 372 g/mol. The van der Waals surface area contributed by atoms with Crippen molar-refractivity contribution in [3.63, 3.8) is 0 Å². The summed E-state index contributed by atoms with van der Waals surface area (Å²) in [5.74, 6) is 0.565. The van der Waals surface area contributed by atoms with Crippen molar-refractivity contribution in [3.05, 3.63) is 67.0 Å². The van der Waals surface area contributed by atoms with Gasteiger partial charge in [-0.2, -0.15) is 4.98 Å². The second kappa shape index (κ2) is 7.28. The van der Waals surface area contributed by atoms with Crippen LogP contribution in [0.5, 0.6) is 0 Å². The Hall–Kier alpha value is -3.45. The van der Waals surface area contributed by atoms with Gasteiger partial charge in [-0.1, -0.05) is 6.07 Å². The first-order valence-corrected chi connectivity index (χ1v) is 9.33. The molecular weight excluding hydrogens is 352 g/mol. The number of rotatable bonds is 4. The molecule has 7 nitrogen and oxygen atoms in total. The molecule has 0 aliphatic carbocycles. The van der Waals surface area contributed by atoms with E-state index in [2.05, 4.69) is 49.5 Å². The summed E-state index contributed by atoms with van der Waals surface area (Å²) < 4.78 is 7.25. The maximum absolute atomic E-state index is 5.42. The normalized spacial score (nSPS) is 14.4. The molecule has 0 radical (unpaired) electrons. The Kier molecular flexibility index (Phi) is 4.34. The molecular formula is C21H20N6O. The van der Waals surface area contributed by atoms with E-state index in [0.29, 0.717) is 5.95 Å². The predicted molar refractivity (Wildman–Crippen MR) is 109 cm³/mol. The second-order valence-corrected chi connectivity index (χ2v) is 6.63. The number of nitrogens with one attached hydrogen (secondary N) is 1. The van der Waals surface area contributed by atoms with E-state index in [0.717, 1.165) is 48.9 Å². The van der Waals surface area contributed by atoms with Crippen LogP contribution in [-0.2, 0) is 4.74 Å². The Bertz CT molecular complexity index is 1070. The third-order valence-electron chi connectivity index (χ3n) is 4.82. The molecule has 0 atom stereocenters. The minimum absolute atomic E-state index is 0.565. The second-order valence-electron chi connectivity index (χ2n) is 6.63. The van der Waals surface area contributed by atoms with Crippen LogP contribution in [0.3, 0.4) is 0 Å². The zero-order chi connectivity index (χ0) is 18.8. The summed E-state index contributed by atoms with van der Waals surface area (Å²) in [6.07, 6.45) is 3.59. The predicted octanol–water partition coefficient (Wildman–Crippen LogP) is 3.37. The molecule has 0 saturated carbocycles. The number of nitrogens with zero attached hydrogens (tertiary/aromatic N) is 5. The molecule has 28 heavy (non-hydrogen) atoms. The Balaban J connectivity index is 1.40. The molecule has 1 aromatic carbocycles. The standard InChI is InChI=1S/C21H20N6O/c1-4-19(16-3-2-10-22-15-16)27-20(5-1)24-21(25-27)23-17-6-8-18(9-7-17)26-11-13-28-14-12-26/h1-10,15H,11-14H2,(H,23,25). The third-order valence-corrected chi connectivity index (χ3v) is 4.82. The van der Waals surface area contributed by atoms with Crippen LogP contribution in [0, 0.1) is 0 Å². The summed E-state index contributed by atoms with van der Waals surface area (Å²) in [5.41, 5.74) is 4.90. The van der Waals surface area contributed by atoms with E-state index in [9.17, 15) is 0 Å². The molecule has 1 saturated heterocycles. The van der Waals surface area contributed by atoms with E-state index in [-0.39, 0.29) is 0 Å². The lowest BCUT2D eigenvalue weighted by Gasteiger charge is -2.28. The molecule has 0 spiro atoms. The molecule has 5 rings (SSSR count). The first-order chi connectivity index (χ1) is 13.9. The summed E-state index contributed by atoms with van der Waals surface area (Å²) in [5, 5.41) is 7.94. The number of anilines is 3. The van der Waals surface area contributed by atoms with Gasteiger partial charge in [0.25, 0.3) is 0 Å². The van der Waals surface area contributed by atoms with Crippen molar-refractivity contribution < 1.29 is 4.74 Å². The topological polar surface area (TPSA) is 67.6 Å². The van der Waals surface area contributed by atoms with Crippen molar-refractivity contribution in [2.45, 2.75) is 0 Å². The minimum atomic E-state index is 0.565. The molecule has 1 aliphatic rings. The SMILES string of the molecule is c1cncc(-c2cccc3nc(Nc4ccc(N5CCOCC5)cc4)nn23)c1. The van der Waals surface area contributed by atoms with Gasteiger partial charge in [0.05, 0.1) is 18.9 Å². The van der Waals surface area contributed by atoms with Gasteiger partial charge in [0.15, 0.2) is 5.65 Å². The molecule has 4 heterocycles. The van der Waals surface area contributed by atoms with E-state index in [1.807, 2.05) is 41.0 Å². The van der Waals surface area contributed by atoms with Crippen molar-refractivity contribution in [2.24, 2.45) is 0 Å². The number of hydrogen-bond donors (Lipinski definition) is 1. The number of hydrogen-bond acceptors (Lipinski definition) is 6. The van der Waals surface area contributed by atoms with Crippen LogP contribution in [0.2, 0.25) is 0 Å². The number of morpholine rings is 1. The van der Waals surface area contributed by atoms with Crippen molar-refractivity contribution in [1.29, 1.82) is 0 Å². The number of aromatic nitrogens is 4. The van der Waals surface area contributed by atoms with Crippen LogP contribution in [0.15, 0.2) is 67.0 Å². The molecule has 0 bridgehead atoms. The lowest BCUT2D eigenvalue weighted by Crippen LogP contribution is -2.36. The highest BCUT2D eigenvalue weighted by Crippen LogP contribution is 2.23. The van der Waals surface area contributed by atoms with E-state index in [1.165, 1.54) is 5.69 Å². The van der Waals surface area contributed by atoms with Crippen molar-refractivity contribution in [2.75, 3.05) is 36.5 Å². The maximum atomic E-state index is 5.42. The summed E-state index contributed by atoms with van der Waals surface area (Å²) in [6, 6.07) is 18.2. The van der Waals surface area contributed by atoms with Gasteiger partial charge in [-0.25, -0.2) is 4.52 Å². The maximum Gasteiger partial charge on any atom is 0.247 e. The van der Waals surface area contributed by atoms with E-state index < -0.39 is 0 Å². The minimum Gasteiger partial charge on any atom is -0.378 e. The quantitative estimate of drug-likeness (QED) is 0.592. The largest absolute Gasteiger partial charge is 0.378 e. The first-order valence-electron chi connectivity index (χ1n) is 9.33. The average Bonchev–Trinajstić information content (AvgIpc) is 3.18. The van der Waals surface area contributed by atoms with Crippen LogP contribution in [0.25, 0.3) is 16.9 Å². The smallest absolute Gasteiger partial charge is 0.247 e. The zero-order valence-electron chi connectivity index (χ0n) is 15.3. The van der Waals surface area contributed by atoms with E-state index in [4.69, 9.17) is 4.74 Å². The van der Waals surface area contributed by atoms with Gasteiger partial charge in [-0.15, -0.1) is 5.10 Å². The fraction of sp³-hybridized carbons (Fsp3) is 0.190. The van der Waals surface area contributed by atoms with Gasteiger partial charge in [-0.05, 0) is 48.5 Å². The number of fused-ring (bicyclic) bond motifs is 1. The van der Waals surface area contributed by atoms with Crippen LogP contribution in [-0.4, -0.2) is 45.9 Å². The molecule has 3 aromatic heterocycles. The Morgan fingerprint density at radius 1 is 0.929 bits per heavy atom. The lowest BCUT2D eigenvalue weighted by atomic mass is 10.2. The third kappa shape index (κ3) is 3.27. The van der Waals surface area contributed by atoms with Crippen LogP contribution < -0.4 is 10.2 Å². The average molecular weight is 372 g/mol. The van der Waals surface area contributed by atoms with Crippen LogP contribution in [0.4, 0.5) is 17.3 Å².